The van der Waals surface area contributed by atoms with E-state index in [0.29, 0.717) is 36.0 Å². The molecule has 0 spiro atoms. The van der Waals surface area contributed by atoms with Crippen molar-refractivity contribution in [2.45, 2.75) is 38.6 Å². The molecule has 0 N–H and O–H groups in total. The number of alkyl halides is 4. The minimum atomic E-state index is -5.71. The molecule has 0 atom stereocenters. The highest BCUT2D eigenvalue weighted by Crippen LogP contribution is 2.36. The van der Waals surface area contributed by atoms with Crippen LogP contribution >= 0.6 is 15.9 Å². The Balaban J connectivity index is 0.00000127. The fourth-order valence-corrected chi connectivity index (χ4v) is 3.04. The highest BCUT2D eigenvalue weighted by molar-refractivity contribution is 9.09. The van der Waals surface area contributed by atoms with Crippen LogP contribution in [0.25, 0.3) is 0 Å². The number of rotatable bonds is 4. The van der Waals surface area contributed by atoms with Gasteiger partial charge < -0.3 is 4.18 Å². The van der Waals surface area contributed by atoms with Gasteiger partial charge in [0, 0.05) is 5.56 Å². The zero-order valence-corrected chi connectivity index (χ0v) is 14.9. The lowest BCUT2D eigenvalue weighted by Crippen LogP contribution is -2.28. The van der Waals surface area contributed by atoms with Gasteiger partial charge in [-0.05, 0) is 42.5 Å². The molecular formula is C14H16BrF3O4S. The summed E-state index contributed by atoms with van der Waals surface area (Å²) in [5, 5.41) is 0.0838. The molecule has 0 saturated carbocycles. The maximum absolute atomic E-state index is 12.4. The maximum Gasteiger partial charge on any atom is 0.534 e. The molecule has 1 aromatic carbocycles. The molecule has 0 unspecified atom stereocenters. The first-order valence-electron chi connectivity index (χ1n) is 6.92. The van der Waals surface area contributed by atoms with Gasteiger partial charge in [0.05, 0.1) is 5.33 Å². The number of ketones is 1. The minimum Gasteiger partial charge on any atom is -0.376 e. The third-order valence-corrected chi connectivity index (χ3v) is 4.62. The van der Waals surface area contributed by atoms with E-state index in [1.807, 2.05) is 13.8 Å². The second-order valence-electron chi connectivity index (χ2n) is 4.46. The molecule has 23 heavy (non-hydrogen) atoms. The van der Waals surface area contributed by atoms with E-state index in [-0.39, 0.29) is 16.9 Å². The summed E-state index contributed by atoms with van der Waals surface area (Å²) in [6.07, 6.45) is 1.51. The Morgan fingerprint density at radius 1 is 1.22 bits per heavy atom. The molecule has 0 saturated heterocycles. The lowest BCUT2D eigenvalue weighted by Gasteiger charge is -2.14. The zero-order chi connectivity index (χ0) is 17.8. The Morgan fingerprint density at radius 2 is 1.78 bits per heavy atom. The van der Waals surface area contributed by atoms with Gasteiger partial charge in [-0.15, -0.1) is 0 Å². The maximum atomic E-state index is 12.4. The number of carbonyl (C=O) groups is 1. The molecule has 0 radical (unpaired) electrons. The molecule has 4 nitrogen and oxygen atoms in total. The van der Waals surface area contributed by atoms with E-state index in [9.17, 15) is 26.4 Å². The summed E-state index contributed by atoms with van der Waals surface area (Å²) in [5.41, 5.74) is -4.18. The SMILES string of the molecule is CC.O=C(CBr)c1ccc(OS(=O)(=O)C(F)(F)F)c2c1CCC2. The third kappa shape index (κ3) is 4.26. The number of carbonyl (C=O) groups excluding carboxylic acids is 1. The topological polar surface area (TPSA) is 60.4 Å². The molecule has 1 aromatic rings. The van der Waals surface area contributed by atoms with Gasteiger partial charge >= 0.3 is 15.6 Å². The molecular weight excluding hydrogens is 401 g/mol. The second-order valence-corrected chi connectivity index (χ2v) is 6.56. The number of benzene rings is 1. The van der Waals surface area contributed by atoms with Crippen LogP contribution in [0.4, 0.5) is 13.2 Å². The minimum absolute atomic E-state index is 0.0838. The monoisotopic (exact) mass is 416 g/mol. The fraction of sp³-hybridized carbons (Fsp3) is 0.500. The summed E-state index contributed by atoms with van der Waals surface area (Å²) < 4.78 is 63.4. The number of Topliss-reactive ketones (excluding diaryl/α,β-unsaturated/α-hetero) is 1. The first-order chi connectivity index (χ1) is 10.7. The van der Waals surface area contributed by atoms with Crippen molar-refractivity contribution >= 4 is 31.8 Å². The first-order valence-corrected chi connectivity index (χ1v) is 9.45. The lowest BCUT2D eigenvalue weighted by atomic mass is 10.00. The van der Waals surface area contributed by atoms with Gasteiger partial charge in [-0.25, -0.2) is 0 Å². The number of halogens is 4. The molecule has 130 valence electrons. The van der Waals surface area contributed by atoms with E-state index >= 15 is 0 Å². The highest BCUT2D eigenvalue weighted by Gasteiger charge is 2.49. The molecule has 0 heterocycles. The lowest BCUT2D eigenvalue weighted by molar-refractivity contribution is -0.0500. The van der Waals surface area contributed by atoms with Crippen molar-refractivity contribution in [3.8, 4) is 5.75 Å². The number of hydrogen-bond donors (Lipinski definition) is 0. The Morgan fingerprint density at radius 3 is 2.30 bits per heavy atom. The summed E-state index contributed by atoms with van der Waals surface area (Å²) in [6.45, 7) is 4.00. The average Bonchev–Trinajstić information content (AvgIpc) is 2.97. The highest BCUT2D eigenvalue weighted by atomic mass is 79.9. The molecule has 2 rings (SSSR count). The predicted molar refractivity (Wildman–Crippen MR) is 83.5 cm³/mol. The van der Waals surface area contributed by atoms with Crippen LogP contribution in [0.1, 0.15) is 41.8 Å². The first kappa shape index (κ1) is 20.0. The van der Waals surface area contributed by atoms with Crippen molar-refractivity contribution in [3.05, 3.63) is 28.8 Å². The molecule has 1 aliphatic carbocycles. The average molecular weight is 417 g/mol. The van der Waals surface area contributed by atoms with Gasteiger partial charge in [0.25, 0.3) is 0 Å². The normalized spacial score (nSPS) is 13.8. The van der Waals surface area contributed by atoms with Crippen LogP contribution in [0.5, 0.6) is 5.75 Å². The summed E-state index contributed by atoms with van der Waals surface area (Å²) in [5.74, 6) is -0.565. The Labute approximate surface area is 141 Å². The second kappa shape index (κ2) is 7.65. The van der Waals surface area contributed by atoms with Gasteiger partial charge in [-0.2, -0.15) is 21.6 Å². The van der Waals surface area contributed by atoms with Gasteiger partial charge in [-0.1, -0.05) is 29.8 Å². The van der Waals surface area contributed by atoms with E-state index in [1.54, 1.807) is 0 Å². The van der Waals surface area contributed by atoms with Crippen LogP contribution < -0.4 is 4.18 Å². The van der Waals surface area contributed by atoms with Crippen molar-refractivity contribution in [2.75, 3.05) is 5.33 Å². The number of fused-ring (bicyclic) bond motifs is 1. The van der Waals surface area contributed by atoms with Crippen molar-refractivity contribution in [2.24, 2.45) is 0 Å². The largest absolute Gasteiger partial charge is 0.534 e. The van der Waals surface area contributed by atoms with Gasteiger partial charge in [0.15, 0.2) is 5.78 Å². The van der Waals surface area contributed by atoms with Crippen molar-refractivity contribution in [3.63, 3.8) is 0 Å². The van der Waals surface area contributed by atoms with Crippen molar-refractivity contribution in [1.29, 1.82) is 0 Å². The molecule has 9 heteroatoms. The van der Waals surface area contributed by atoms with Gasteiger partial charge in [0.1, 0.15) is 5.75 Å². The summed E-state index contributed by atoms with van der Waals surface area (Å²) in [6, 6.07) is 2.40. The van der Waals surface area contributed by atoms with E-state index in [0.717, 1.165) is 6.07 Å². The molecule has 1 aliphatic rings. The van der Waals surface area contributed by atoms with E-state index < -0.39 is 15.6 Å². The Hall–Kier alpha value is -1.09. The summed E-state index contributed by atoms with van der Waals surface area (Å²) >= 11 is 3.03. The number of hydrogen-bond acceptors (Lipinski definition) is 4. The van der Waals surface area contributed by atoms with E-state index in [1.165, 1.54) is 6.07 Å². The Kier molecular flexibility index (Phi) is 6.64. The quantitative estimate of drug-likeness (QED) is 0.322. The van der Waals surface area contributed by atoms with E-state index in [2.05, 4.69) is 20.1 Å². The van der Waals surface area contributed by atoms with E-state index in [4.69, 9.17) is 0 Å². The molecule has 0 bridgehead atoms. The van der Waals surface area contributed by atoms with Gasteiger partial charge in [0.2, 0.25) is 0 Å². The zero-order valence-electron chi connectivity index (χ0n) is 12.5. The standard InChI is InChI=1S/C12H10BrF3O4S.C2H6/c13-6-10(17)8-4-5-11(9-3-1-2-7(8)9)20-21(18,19)12(14,15)16;1-2/h4-5H,1-3,6H2;1-2H3. The van der Waals surface area contributed by atoms with Crippen LogP contribution in [-0.4, -0.2) is 25.0 Å². The van der Waals surface area contributed by atoms with Crippen molar-refractivity contribution < 1.29 is 30.6 Å². The molecule has 0 fully saturated rings. The van der Waals surface area contributed by atoms with Crippen LogP contribution in [0.3, 0.4) is 0 Å². The summed E-state index contributed by atoms with van der Waals surface area (Å²) in [4.78, 5) is 11.7. The fourth-order valence-electron chi connectivity index (χ4n) is 2.25. The summed E-state index contributed by atoms with van der Waals surface area (Å²) in [7, 11) is -5.71. The smallest absolute Gasteiger partial charge is 0.376 e. The molecule has 0 amide bonds. The molecule has 0 aromatic heterocycles. The van der Waals surface area contributed by atoms with Crippen LogP contribution in [0.2, 0.25) is 0 Å². The van der Waals surface area contributed by atoms with Gasteiger partial charge in [-0.3, -0.25) is 4.79 Å². The van der Waals surface area contributed by atoms with Crippen LogP contribution in [0.15, 0.2) is 12.1 Å². The molecule has 0 aliphatic heterocycles. The Bertz CT molecular complexity index is 684. The van der Waals surface area contributed by atoms with Crippen LogP contribution in [0, 0.1) is 0 Å². The predicted octanol–water partition coefficient (Wildman–Crippen LogP) is 4.01. The van der Waals surface area contributed by atoms with Crippen LogP contribution in [-0.2, 0) is 23.0 Å². The third-order valence-electron chi connectivity index (χ3n) is 3.15. The van der Waals surface area contributed by atoms with Crippen molar-refractivity contribution in [1.82, 2.24) is 0 Å².